The maximum Gasteiger partial charge on any atom is 0.158 e. The van der Waals surface area contributed by atoms with E-state index in [1.165, 1.54) is 0 Å². The Balaban J connectivity index is 2.62. The lowest BCUT2D eigenvalue weighted by molar-refractivity contribution is -0.117. The SMILES string of the molecule is C=C1C(=O)CCCC1C. The minimum Gasteiger partial charge on any atom is -0.295 e. The molecule has 1 heteroatoms. The number of carbonyl (C=O) groups is 1. The molecule has 0 aromatic rings. The van der Waals surface area contributed by atoms with Gasteiger partial charge in [-0.15, -0.1) is 0 Å². The lowest BCUT2D eigenvalue weighted by atomic mass is 9.86. The van der Waals surface area contributed by atoms with Gasteiger partial charge in [0.2, 0.25) is 0 Å². The molecule has 1 aliphatic carbocycles. The van der Waals surface area contributed by atoms with Crippen LogP contribution in [0.15, 0.2) is 12.2 Å². The minimum absolute atomic E-state index is 0.272. The number of rotatable bonds is 0. The Morgan fingerprint density at radius 3 is 2.78 bits per heavy atom. The molecule has 0 aromatic carbocycles. The largest absolute Gasteiger partial charge is 0.295 e. The zero-order chi connectivity index (χ0) is 6.85. The molecule has 0 radical (unpaired) electrons. The zero-order valence-corrected chi connectivity index (χ0v) is 5.81. The summed E-state index contributed by atoms with van der Waals surface area (Å²) < 4.78 is 0. The third kappa shape index (κ3) is 1.21. The fraction of sp³-hybridized carbons (Fsp3) is 0.625. The first-order chi connectivity index (χ1) is 4.22. The van der Waals surface area contributed by atoms with Gasteiger partial charge in [-0.25, -0.2) is 0 Å². The number of carbonyl (C=O) groups excluding carboxylic acids is 1. The predicted octanol–water partition coefficient (Wildman–Crippen LogP) is 1.93. The van der Waals surface area contributed by atoms with E-state index in [2.05, 4.69) is 13.5 Å². The van der Waals surface area contributed by atoms with Crippen molar-refractivity contribution in [1.82, 2.24) is 0 Å². The van der Waals surface area contributed by atoms with Crippen LogP contribution in [0.1, 0.15) is 26.2 Å². The molecule has 1 rings (SSSR count). The number of Topliss-reactive ketones (excluding diaryl/α,β-unsaturated/α-hetero) is 1. The summed E-state index contributed by atoms with van der Waals surface area (Å²) in [7, 11) is 0. The van der Waals surface area contributed by atoms with Crippen LogP contribution in [0.4, 0.5) is 0 Å². The van der Waals surface area contributed by atoms with E-state index in [4.69, 9.17) is 0 Å². The molecule has 0 aromatic heterocycles. The second-order valence-electron chi connectivity index (χ2n) is 2.74. The Labute approximate surface area is 55.8 Å². The van der Waals surface area contributed by atoms with Crippen LogP contribution in [0.2, 0.25) is 0 Å². The van der Waals surface area contributed by atoms with E-state index < -0.39 is 0 Å². The van der Waals surface area contributed by atoms with Gasteiger partial charge in [0.15, 0.2) is 5.78 Å². The average molecular weight is 124 g/mol. The molecule has 9 heavy (non-hydrogen) atoms. The minimum atomic E-state index is 0.272. The van der Waals surface area contributed by atoms with Gasteiger partial charge in [-0.3, -0.25) is 4.79 Å². The summed E-state index contributed by atoms with van der Waals surface area (Å²) in [5.74, 6) is 0.708. The highest BCUT2D eigenvalue weighted by Crippen LogP contribution is 2.24. The van der Waals surface area contributed by atoms with E-state index in [0.29, 0.717) is 5.92 Å². The molecule has 0 heterocycles. The zero-order valence-electron chi connectivity index (χ0n) is 5.81. The standard InChI is InChI=1S/C8H12O/c1-6-4-3-5-8(9)7(6)2/h6H,2-5H2,1H3. The molecule has 1 atom stereocenters. The van der Waals surface area contributed by atoms with E-state index in [1.807, 2.05) is 0 Å². The smallest absolute Gasteiger partial charge is 0.158 e. The third-order valence-electron chi connectivity index (χ3n) is 1.99. The van der Waals surface area contributed by atoms with Gasteiger partial charge in [-0.1, -0.05) is 13.5 Å². The summed E-state index contributed by atoms with van der Waals surface area (Å²) >= 11 is 0. The highest BCUT2D eigenvalue weighted by molar-refractivity contribution is 5.95. The van der Waals surface area contributed by atoms with Crippen LogP contribution in [0.3, 0.4) is 0 Å². The van der Waals surface area contributed by atoms with Crippen molar-refractivity contribution in [2.75, 3.05) is 0 Å². The van der Waals surface area contributed by atoms with E-state index >= 15 is 0 Å². The number of ketones is 1. The van der Waals surface area contributed by atoms with Gasteiger partial charge in [-0.05, 0) is 24.3 Å². The third-order valence-corrected chi connectivity index (χ3v) is 1.99. The Kier molecular flexibility index (Phi) is 1.70. The van der Waals surface area contributed by atoms with Gasteiger partial charge < -0.3 is 0 Å². The summed E-state index contributed by atoms with van der Waals surface area (Å²) in [5.41, 5.74) is 0.834. The van der Waals surface area contributed by atoms with Crippen molar-refractivity contribution in [2.24, 2.45) is 5.92 Å². The fourth-order valence-electron chi connectivity index (χ4n) is 1.18. The molecule has 0 saturated heterocycles. The average Bonchev–Trinajstić information content (AvgIpc) is 1.83. The van der Waals surface area contributed by atoms with Crippen LogP contribution >= 0.6 is 0 Å². The van der Waals surface area contributed by atoms with Gasteiger partial charge in [0, 0.05) is 6.42 Å². The van der Waals surface area contributed by atoms with E-state index in [-0.39, 0.29) is 5.78 Å². The number of hydrogen-bond acceptors (Lipinski definition) is 1. The van der Waals surface area contributed by atoms with Crippen LogP contribution in [-0.2, 0) is 4.79 Å². The first-order valence-electron chi connectivity index (χ1n) is 3.44. The molecule has 0 spiro atoms. The van der Waals surface area contributed by atoms with Gasteiger partial charge in [0.1, 0.15) is 0 Å². The summed E-state index contributed by atoms with van der Waals surface area (Å²) in [5, 5.41) is 0. The molecule has 0 N–H and O–H groups in total. The monoisotopic (exact) mass is 124 g/mol. The van der Waals surface area contributed by atoms with Gasteiger partial charge in [0.25, 0.3) is 0 Å². The summed E-state index contributed by atoms with van der Waals surface area (Å²) in [6.07, 6.45) is 2.92. The van der Waals surface area contributed by atoms with Gasteiger partial charge >= 0.3 is 0 Å². The van der Waals surface area contributed by atoms with Crippen molar-refractivity contribution in [2.45, 2.75) is 26.2 Å². The molecule has 0 amide bonds. The van der Waals surface area contributed by atoms with Crippen LogP contribution < -0.4 is 0 Å². The van der Waals surface area contributed by atoms with Crippen LogP contribution in [-0.4, -0.2) is 5.78 Å². The van der Waals surface area contributed by atoms with Crippen molar-refractivity contribution < 1.29 is 4.79 Å². The summed E-state index contributed by atoms with van der Waals surface area (Å²) in [6, 6.07) is 0. The van der Waals surface area contributed by atoms with Crippen LogP contribution in [0, 0.1) is 5.92 Å². The van der Waals surface area contributed by atoms with Crippen molar-refractivity contribution >= 4 is 5.78 Å². The lowest BCUT2D eigenvalue weighted by Gasteiger charge is -2.18. The van der Waals surface area contributed by atoms with E-state index in [0.717, 1.165) is 24.8 Å². The first kappa shape index (κ1) is 6.53. The first-order valence-corrected chi connectivity index (χ1v) is 3.44. The molecule has 1 unspecified atom stereocenters. The quantitative estimate of drug-likeness (QED) is 0.451. The molecule has 0 bridgehead atoms. The van der Waals surface area contributed by atoms with Crippen molar-refractivity contribution in [3.05, 3.63) is 12.2 Å². The Hall–Kier alpha value is -0.590. The number of hydrogen-bond donors (Lipinski definition) is 0. The highest BCUT2D eigenvalue weighted by atomic mass is 16.1. The van der Waals surface area contributed by atoms with Crippen molar-refractivity contribution in [1.29, 1.82) is 0 Å². The molecule has 1 nitrogen and oxygen atoms in total. The Morgan fingerprint density at radius 2 is 2.33 bits per heavy atom. The van der Waals surface area contributed by atoms with Crippen LogP contribution in [0.5, 0.6) is 0 Å². The molecule has 1 saturated carbocycles. The predicted molar refractivity (Wildman–Crippen MR) is 37.2 cm³/mol. The highest BCUT2D eigenvalue weighted by Gasteiger charge is 2.19. The Bertz CT molecular complexity index is 147. The number of allylic oxidation sites excluding steroid dienone is 1. The molecule has 1 fully saturated rings. The maximum absolute atomic E-state index is 10.9. The van der Waals surface area contributed by atoms with Crippen molar-refractivity contribution in [3.63, 3.8) is 0 Å². The van der Waals surface area contributed by atoms with Gasteiger partial charge in [-0.2, -0.15) is 0 Å². The summed E-state index contributed by atoms with van der Waals surface area (Å²) in [6.45, 7) is 5.80. The van der Waals surface area contributed by atoms with Crippen molar-refractivity contribution in [3.8, 4) is 0 Å². The molecule has 50 valence electrons. The fourth-order valence-corrected chi connectivity index (χ4v) is 1.18. The van der Waals surface area contributed by atoms with Crippen LogP contribution in [0.25, 0.3) is 0 Å². The van der Waals surface area contributed by atoms with Gasteiger partial charge in [0.05, 0.1) is 0 Å². The Morgan fingerprint density at radius 1 is 1.67 bits per heavy atom. The molecule has 0 aliphatic heterocycles. The van der Waals surface area contributed by atoms with E-state index in [1.54, 1.807) is 0 Å². The molecule has 1 aliphatic rings. The second kappa shape index (κ2) is 2.34. The topological polar surface area (TPSA) is 17.1 Å². The van der Waals surface area contributed by atoms with E-state index in [9.17, 15) is 4.79 Å². The molecular formula is C8H12O. The maximum atomic E-state index is 10.9. The lowest BCUT2D eigenvalue weighted by Crippen LogP contribution is -2.15. The molecular weight excluding hydrogens is 112 g/mol. The second-order valence-corrected chi connectivity index (χ2v) is 2.74. The summed E-state index contributed by atoms with van der Waals surface area (Å²) in [4.78, 5) is 10.9. The normalized spacial score (nSPS) is 28.8.